The predicted molar refractivity (Wildman–Crippen MR) is 100 cm³/mol. The molecule has 0 unspecified atom stereocenters. The summed E-state index contributed by atoms with van der Waals surface area (Å²) in [4.78, 5) is 26.5. The molecule has 6 nitrogen and oxygen atoms in total. The summed E-state index contributed by atoms with van der Waals surface area (Å²) in [6.07, 6.45) is 0.147. The molecule has 0 bridgehead atoms. The van der Waals surface area contributed by atoms with Crippen molar-refractivity contribution in [2.24, 2.45) is 5.92 Å². The Kier molecular flexibility index (Phi) is 5.32. The smallest absolute Gasteiger partial charge is 0.229 e. The summed E-state index contributed by atoms with van der Waals surface area (Å²) in [6, 6.07) is 12.1. The summed E-state index contributed by atoms with van der Waals surface area (Å²) in [5, 5.41) is 3.42. The van der Waals surface area contributed by atoms with Gasteiger partial charge in [-0.25, -0.2) is 0 Å². The van der Waals surface area contributed by atoms with Gasteiger partial charge in [0.1, 0.15) is 11.5 Å². The zero-order valence-corrected chi connectivity index (χ0v) is 15.2. The van der Waals surface area contributed by atoms with E-state index < -0.39 is 5.92 Å². The van der Waals surface area contributed by atoms with Gasteiger partial charge in [-0.1, -0.05) is 11.6 Å². The fraction of sp³-hybridized carbons (Fsp3) is 0.263. The van der Waals surface area contributed by atoms with Crippen molar-refractivity contribution in [3.63, 3.8) is 0 Å². The second-order valence-corrected chi connectivity index (χ2v) is 6.38. The number of rotatable bonds is 5. The normalized spacial score (nSPS) is 16.5. The summed E-state index contributed by atoms with van der Waals surface area (Å²) >= 11 is 5.85. The fourth-order valence-corrected chi connectivity index (χ4v) is 3.03. The van der Waals surface area contributed by atoms with Crippen LogP contribution in [-0.4, -0.2) is 32.6 Å². The highest BCUT2D eigenvalue weighted by molar-refractivity contribution is 6.30. The quantitative estimate of drug-likeness (QED) is 0.871. The molecule has 0 aliphatic carbocycles. The Morgan fingerprint density at radius 3 is 2.54 bits per heavy atom. The maximum absolute atomic E-state index is 12.5. The van der Waals surface area contributed by atoms with Crippen molar-refractivity contribution >= 4 is 34.8 Å². The number of nitrogens with one attached hydrogen (secondary N) is 1. The Morgan fingerprint density at radius 1 is 1.15 bits per heavy atom. The van der Waals surface area contributed by atoms with Gasteiger partial charge in [0.05, 0.1) is 25.8 Å². The number of benzene rings is 2. The van der Waals surface area contributed by atoms with Crippen LogP contribution >= 0.6 is 11.6 Å². The molecular formula is C19H19ClN2O4. The highest BCUT2D eigenvalue weighted by Crippen LogP contribution is 2.36. The summed E-state index contributed by atoms with van der Waals surface area (Å²) in [5.74, 6) is 0.399. The van der Waals surface area contributed by atoms with Crippen molar-refractivity contribution in [3.05, 3.63) is 47.5 Å². The summed E-state index contributed by atoms with van der Waals surface area (Å²) < 4.78 is 10.5. The first-order chi connectivity index (χ1) is 12.5. The third kappa shape index (κ3) is 3.75. The van der Waals surface area contributed by atoms with Gasteiger partial charge >= 0.3 is 0 Å². The monoisotopic (exact) mass is 374 g/mol. The van der Waals surface area contributed by atoms with Crippen LogP contribution in [0, 0.1) is 5.92 Å². The molecule has 1 saturated heterocycles. The van der Waals surface area contributed by atoms with Crippen molar-refractivity contribution in [2.45, 2.75) is 6.42 Å². The Bertz CT molecular complexity index is 823. The molecule has 136 valence electrons. The molecule has 2 aromatic rings. The molecule has 1 atom stereocenters. The molecule has 26 heavy (non-hydrogen) atoms. The van der Waals surface area contributed by atoms with E-state index in [1.807, 2.05) is 0 Å². The molecule has 1 N–H and O–H groups in total. The third-order valence-corrected chi connectivity index (χ3v) is 4.54. The molecule has 2 amide bonds. The lowest BCUT2D eigenvalue weighted by Gasteiger charge is -2.20. The number of nitrogens with zero attached hydrogens (tertiary/aromatic N) is 1. The zero-order chi connectivity index (χ0) is 18.7. The van der Waals surface area contributed by atoms with Crippen LogP contribution in [-0.2, 0) is 9.59 Å². The van der Waals surface area contributed by atoms with Crippen molar-refractivity contribution in [1.82, 2.24) is 0 Å². The Labute approximate surface area is 156 Å². The second-order valence-electron chi connectivity index (χ2n) is 5.94. The molecule has 7 heteroatoms. The van der Waals surface area contributed by atoms with Crippen molar-refractivity contribution in [2.75, 3.05) is 31.0 Å². The number of anilines is 2. The number of hydrogen-bond acceptors (Lipinski definition) is 4. The van der Waals surface area contributed by atoms with Crippen LogP contribution in [0.1, 0.15) is 6.42 Å². The molecule has 0 radical (unpaired) electrons. The molecule has 1 aliphatic rings. The lowest BCUT2D eigenvalue weighted by atomic mass is 10.1. The van der Waals surface area contributed by atoms with Crippen LogP contribution in [0.4, 0.5) is 11.4 Å². The van der Waals surface area contributed by atoms with Gasteiger partial charge in [0.2, 0.25) is 11.8 Å². The van der Waals surface area contributed by atoms with Gasteiger partial charge < -0.3 is 19.7 Å². The van der Waals surface area contributed by atoms with Gasteiger partial charge in [0.15, 0.2) is 0 Å². The first kappa shape index (κ1) is 18.1. The van der Waals surface area contributed by atoms with Crippen molar-refractivity contribution < 1.29 is 19.1 Å². The minimum atomic E-state index is -0.440. The number of carbonyl (C=O) groups excluding carboxylic acids is 2. The van der Waals surface area contributed by atoms with Gasteiger partial charge in [-0.2, -0.15) is 0 Å². The molecule has 1 aliphatic heterocycles. The van der Waals surface area contributed by atoms with Crippen LogP contribution < -0.4 is 19.7 Å². The maximum Gasteiger partial charge on any atom is 0.229 e. The standard InChI is InChI=1S/C19H19ClN2O4/c1-25-15-7-8-16(17(10-15)26-2)22-11-12(9-18(22)23)19(24)21-14-5-3-13(20)4-6-14/h3-8,10,12H,9,11H2,1-2H3,(H,21,24)/t12-/m1/s1. The van der Waals surface area contributed by atoms with E-state index in [4.69, 9.17) is 21.1 Å². The Morgan fingerprint density at radius 2 is 1.88 bits per heavy atom. The first-order valence-corrected chi connectivity index (χ1v) is 8.48. The SMILES string of the molecule is COc1ccc(N2C[C@H](C(=O)Nc3ccc(Cl)cc3)CC2=O)c(OC)c1. The molecule has 3 rings (SSSR count). The van der Waals surface area contributed by atoms with E-state index in [0.717, 1.165) is 0 Å². The first-order valence-electron chi connectivity index (χ1n) is 8.10. The largest absolute Gasteiger partial charge is 0.497 e. The highest BCUT2D eigenvalue weighted by atomic mass is 35.5. The van der Waals surface area contributed by atoms with E-state index in [1.54, 1.807) is 54.5 Å². The van der Waals surface area contributed by atoms with E-state index in [-0.39, 0.29) is 18.2 Å². The predicted octanol–water partition coefficient (Wildman–Crippen LogP) is 3.35. The average molecular weight is 375 g/mol. The van der Waals surface area contributed by atoms with Gasteiger partial charge in [-0.3, -0.25) is 9.59 Å². The number of carbonyl (C=O) groups is 2. The number of amides is 2. The average Bonchev–Trinajstić information content (AvgIpc) is 3.04. The van der Waals surface area contributed by atoms with Crippen LogP contribution in [0.25, 0.3) is 0 Å². The highest BCUT2D eigenvalue weighted by Gasteiger charge is 2.36. The summed E-state index contributed by atoms with van der Waals surface area (Å²) in [7, 11) is 3.09. The Hall–Kier alpha value is -2.73. The van der Waals surface area contributed by atoms with Crippen LogP contribution in [0.15, 0.2) is 42.5 Å². The van der Waals surface area contributed by atoms with E-state index in [2.05, 4.69) is 5.32 Å². The molecule has 0 saturated carbocycles. The van der Waals surface area contributed by atoms with Gasteiger partial charge in [0.25, 0.3) is 0 Å². The molecule has 1 fully saturated rings. The fourth-order valence-electron chi connectivity index (χ4n) is 2.90. The van der Waals surface area contributed by atoms with Crippen LogP contribution in [0.2, 0.25) is 5.02 Å². The van der Waals surface area contributed by atoms with Gasteiger partial charge in [-0.05, 0) is 36.4 Å². The van der Waals surface area contributed by atoms with Gasteiger partial charge in [-0.15, -0.1) is 0 Å². The maximum atomic E-state index is 12.5. The van der Waals surface area contributed by atoms with Crippen LogP contribution in [0.3, 0.4) is 0 Å². The van der Waals surface area contributed by atoms with Crippen molar-refractivity contribution in [3.8, 4) is 11.5 Å². The van der Waals surface area contributed by atoms with E-state index in [1.165, 1.54) is 7.11 Å². The van der Waals surface area contributed by atoms with E-state index in [0.29, 0.717) is 34.4 Å². The molecule has 2 aromatic carbocycles. The number of hydrogen-bond donors (Lipinski definition) is 1. The second kappa shape index (κ2) is 7.66. The van der Waals surface area contributed by atoms with E-state index in [9.17, 15) is 9.59 Å². The van der Waals surface area contributed by atoms with E-state index >= 15 is 0 Å². The number of methoxy groups -OCH3 is 2. The zero-order valence-electron chi connectivity index (χ0n) is 14.5. The summed E-state index contributed by atoms with van der Waals surface area (Å²) in [6.45, 7) is 0.293. The van der Waals surface area contributed by atoms with Crippen LogP contribution in [0.5, 0.6) is 11.5 Å². The summed E-state index contributed by atoms with van der Waals surface area (Å²) in [5.41, 5.74) is 1.27. The van der Waals surface area contributed by atoms with Gasteiger partial charge in [0, 0.05) is 29.7 Å². The molecule has 0 spiro atoms. The lowest BCUT2D eigenvalue weighted by molar-refractivity contribution is -0.122. The minimum absolute atomic E-state index is 0.121. The lowest BCUT2D eigenvalue weighted by Crippen LogP contribution is -2.28. The molecular weight excluding hydrogens is 356 g/mol. The topological polar surface area (TPSA) is 67.9 Å². The molecule has 0 aromatic heterocycles. The Balaban J connectivity index is 1.74. The number of halogens is 1. The minimum Gasteiger partial charge on any atom is -0.497 e. The van der Waals surface area contributed by atoms with Crippen molar-refractivity contribution in [1.29, 1.82) is 0 Å². The number of ether oxygens (including phenoxy) is 2. The third-order valence-electron chi connectivity index (χ3n) is 4.29. The molecule has 1 heterocycles.